The summed E-state index contributed by atoms with van der Waals surface area (Å²) in [5.74, 6) is 0.886. The van der Waals surface area contributed by atoms with Gasteiger partial charge >= 0.3 is 0 Å². The second-order valence-corrected chi connectivity index (χ2v) is 4.91. The van der Waals surface area contributed by atoms with Crippen LogP contribution in [-0.4, -0.2) is 30.9 Å². The average Bonchev–Trinajstić information content (AvgIpc) is 2.32. The van der Waals surface area contributed by atoms with Gasteiger partial charge < -0.3 is 15.2 Å². The van der Waals surface area contributed by atoms with Crippen LogP contribution in [0.1, 0.15) is 24.0 Å². The standard InChI is InChI=1S/C14H21NO2/c1-11-4-3-5-13(17-2)12(11)10-14(16)6-8-15-9-7-14/h3-5,15-16H,6-10H2,1-2H3. The van der Waals surface area contributed by atoms with E-state index < -0.39 is 5.60 Å². The average molecular weight is 235 g/mol. The quantitative estimate of drug-likeness (QED) is 0.837. The molecule has 1 aliphatic rings. The number of aliphatic hydroxyl groups is 1. The fourth-order valence-electron chi connectivity index (χ4n) is 2.49. The molecule has 0 amide bonds. The minimum Gasteiger partial charge on any atom is -0.496 e. The first-order chi connectivity index (χ1) is 8.14. The van der Waals surface area contributed by atoms with Crippen LogP contribution >= 0.6 is 0 Å². The number of aryl methyl sites for hydroxylation is 1. The van der Waals surface area contributed by atoms with E-state index in [0.717, 1.165) is 37.2 Å². The highest BCUT2D eigenvalue weighted by Crippen LogP contribution is 2.30. The summed E-state index contributed by atoms with van der Waals surface area (Å²) in [5, 5.41) is 13.9. The van der Waals surface area contributed by atoms with E-state index in [1.165, 1.54) is 5.56 Å². The smallest absolute Gasteiger partial charge is 0.122 e. The van der Waals surface area contributed by atoms with Crippen LogP contribution in [0.25, 0.3) is 0 Å². The first kappa shape index (κ1) is 12.4. The van der Waals surface area contributed by atoms with Gasteiger partial charge in [0, 0.05) is 6.42 Å². The maximum Gasteiger partial charge on any atom is 0.122 e. The van der Waals surface area contributed by atoms with Gasteiger partial charge in [-0.15, -0.1) is 0 Å². The van der Waals surface area contributed by atoms with Crippen molar-refractivity contribution in [1.82, 2.24) is 5.32 Å². The maximum atomic E-state index is 10.6. The zero-order chi connectivity index (χ0) is 12.3. The van der Waals surface area contributed by atoms with Crippen molar-refractivity contribution in [2.45, 2.75) is 31.8 Å². The van der Waals surface area contributed by atoms with Crippen molar-refractivity contribution in [3.63, 3.8) is 0 Å². The van der Waals surface area contributed by atoms with Crippen molar-refractivity contribution in [3.05, 3.63) is 29.3 Å². The molecule has 0 aromatic heterocycles. The van der Waals surface area contributed by atoms with Crippen LogP contribution in [0.3, 0.4) is 0 Å². The fourth-order valence-corrected chi connectivity index (χ4v) is 2.49. The third-order valence-corrected chi connectivity index (χ3v) is 3.63. The van der Waals surface area contributed by atoms with Gasteiger partial charge in [-0.1, -0.05) is 12.1 Å². The molecule has 0 bridgehead atoms. The van der Waals surface area contributed by atoms with Crippen LogP contribution < -0.4 is 10.1 Å². The number of piperidine rings is 1. The molecule has 1 heterocycles. The van der Waals surface area contributed by atoms with Crippen molar-refractivity contribution in [1.29, 1.82) is 0 Å². The molecule has 0 atom stereocenters. The van der Waals surface area contributed by atoms with E-state index in [1.54, 1.807) is 7.11 Å². The molecule has 1 fully saturated rings. The number of hydrogen-bond donors (Lipinski definition) is 2. The predicted octanol–water partition coefficient (Wildman–Crippen LogP) is 1.66. The molecule has 2 rings (SSSR count). The molecule has 0 spiro atoms. The van der Waals surface area contributed by atoms with Gasteiger partial charge in [0.2, 0.25) is 0 Å². The summed E-state index contributed by atoms with van der Waals surface area (Å²) < 4.78 is 5.39. The Bertz CT molecular complexity index is 384. The molecule has 0 saturated carbocycles. The molecule has 17 heavy (non-hydrogen) atoms. The Morgan fingerprint density at radius 3 is 2.71 bits per heavy atom. The lowest BCUT2D eigenvalue weighted by atomic mass is 9.84. The number of rotatable bonds is 3. The van der Waals surface area contributed by atoms with Crippen molar-refractivity contribution >= 4 is 0 Å². The monoisotopic (exact) mass is 235 g/mol. The summed E-state index contributed by atoms with van der Waals surface area (Å²) in [4.78, 5) is 0. The molecular formula is C14H21NO2. The minimum absolute atomic E-state index is 0.579. The Morgan fingerprint density at radius 2 is 2.06 bits per heavy atom. The summed E-state index contributed by atoms with van der Waals surface area (Å²) in [6.45, 7) is 3.86. The second kappa shape index (κ2) is 5.07. The van der Waals surface area contributed by atoms with Gasteiger partial charge in [0.25, 0.3) is 0 Å². The van der Waals surface area contributed by atoms with Crippen molar-refractivity contribution < 1.29 is 9.84 Å². The van der Waals surface area contributed by atoms with Gasteiger partial charge in [0.1, 0.15) is 5.75 Å². The van der Waals surface area contributed by atoms with Crippen LogP contribution in [0.15, 0.2) is 18.2 Å². The van der Waals surface area contributed by atoms with Crippen LogP contribution in [0.4, 0.5) is 0 Å². The van der Waals surface area contributed by atoms with Gasteiger partial charge in [-0.05, 0) is 50.0 Å². The largest absolute Gasteiger partial charge is 0.496 e. The summed E-state index contributed by atoms with van der Waals surface area (Å²) in [6, 6.07) is 6.03. The summed E-state index contributed by atoms with van der Waals surface area (Å²) in [5.41, 5.74) is 1.75. The molecule has 0 radical (unpaired) electrons. The lowest BCUT2D eigenvalue weighted by molar-refractivity contribution is 0.0103. The van der Waals surface area contributed by atoms with Crippen LogP contribution in [0.5, 0.6) is 5.75 Å². The molecule has 1 aliphatic heterocycles. The van der Waals surface area contributed by atoms with E-state index in [1.807, 2.05) is 12.1 Å². The van der Waals surface area contributed by atoms with Crippen molar-refractivity contribution in [3.8, 4) is 5.75 Å². The summed E-state index contributed by atoms with van der Waals surface area (Å²) >= 11 is 0. The molecule has 0 aliphatic carbocycles. The Kier molecular flexibility index (Phi) is 3.69. The Morgan fingerprint density at radius 1 is 1.35 bits per heavy atom. The van der Waals surface area contributed by atoms with Gasteiger partial charge in [-0.3, -0.25) is 0 Å². The second-order valence-electron chi connectivity index (χ2n) is 4.91. The summed E-state index contributed by atoms with van der Waals surface area (Å²) in [7, 11) is 1.69. The van der Waals surface area contributed by atoms with E-state index in [0.29, 0.717) is 6.42 Å². The maximum absolute atomic E-state index is 10.6. The Hall–Kier alpha value is -1.06. The lowest BCUT2D eigenvalue weighted by Gasteiger charge is -2.33. The van der Waals surface area contributed by atoms with Gasteiger partial charge in [0.05, 0.1) is 12.7 Å². The van der Waals surface area contributed by atoms with E-state index in [-0.39, 0.29) is 0 Å². The molecule has 1 saturated heterocycles. The normalized spacial score (nSPS) is 19.0. The number of methoxy groups -OCH3 is 1. The zero-order valence-corrected chi connectivity index (χ0v) is 10.6. The number of ether oxygens (including phenoxy) is 1. The van der Waals surface area contributed by atoms with Crippen LogP contribution in [0, 0.1) is 6.92 Å². The molecule has 1 aromatic rings. The third kappa shape index (κ3) is 2.79. The fraction of sp³-hybridized carbons (Fsp3) is 0.571. The molecule has 94 valence electrons. The van der Waals surface area contributed by atoms with Gasteiger partial charge in [-0.2, -0.15) is 0 Å². The number of benzene rings is 1. The van der Waals surface area contributed by atoms with Crippen molar-refractivity contribution in [2.75, 3.05) is 20.2 Å². The molecule has 3 nitrogen and oxygen atoms in total. The van der Waals surface area contributed by atoms with Gasteiger partial charge in [0.15, 0.2) is 0 Å². The van der Waals surface area contributed by atoms with E-state index in [9.17, 15) is 5.11 Å². The van der Waals surface area contributed by atoms with Crippen LogP contribution in [0.2, 0.25) is 0 Å². The molecule has 3 heteroatoms. The topological polar surface area (TPSA) is 41.5 Å². The molecule has 2 N–H and O–H groups in total. The molecular weight excluding hydrogens is 214 g/mol. The molecule has 0 unspecified atom stereocenters. The highest BCUT2D eigenvalue weighted by molar-refractivity contribution is 5.40. The minimum atomic E-state index is -0.579. The first-order valence-electron chi connectivity index (χ1n) is 6.20. The number of nitrogens with one attached hydrogen (secondary N) is 1. The first-order valence-corrected chi connectivity index (χ1v) is 6.20. The van der Waals surface area contributed by atoms with Crippen molar-refractivity contribution in [2.24, 2.45) is 0 Å². The number of hydrogen-bond acceptors (Lipinski definition) is 3. The van der Waals surface area contributed by atoms with Crippen LogP contribution in [-0.2, 0) is 6.42 Å². The highest BCUT2D eigenvalue weighted by Gasteiger charge is 2.30. The van der Waals surface area contributed by atoms with Gasteiger partial charge in [-0.25, -0.2) is 0 Å². The lowest BCUT2D eigenvalue weighted by Crippen LogP contribution is -2.43. The predicted molar refractivity (Wildman–Crippen MR) is 68.5 cm³/mol. The molecule has 1 aromatic carbocycles. The van der Waals surface area contributed by atoms with E-state index in [4.69, 9.17) is 4.74 Å². The SMILES string of the molecule is COc1cccc(C)c1CC1(O)CCNCC1. The third-order valence-electron chi connectivity index (χ3n) is 3.63. The zero-order valence-electron chi connectivity index (χ0n) is 10.6. The Balaban J connectivity index is 2.22. The summed E-state index contributed by atoms with van der Waals surface area (Å²) in [6.07, 6.45) is 2.31. The Labute approximate surface area is 103 Å². The van der Waals surface area contributed by atoms with E-state index in [2.05, 4.69) is 18.3 Å². The highest BCUT2D eigenvalue weighted by atomic mass is 16.5. The van der Waals surface area contributed by atoms with E-state index >= 15 is 0 Å².